The molecule has 1 rings (SSSR count). The molecule has 1 saturated carbocycles. The van der Waals surface area contributed by atoms with Gasteiger partial charge in [0.1, 0.15) is 0 Å². The number of hydrogen-bond acceptors (Lipinski definition) is 2. The maximum atomic E-state index is 10.7. The highest BCUT2D eigenvalue weighted by Gasteiger charge is 2.26. The van der Waals surface area contributed by atoms with E-state index < -0.39 is 12.1 Å². The second-order valence-corrected chi connectivity index (χ2v) is 3.51. The van der Waals surface area contributed by atoms with E-state index >= 15 is 0 Å². The van der Waals surface area contributed by atoms with Gasteiger partial charge in [-0.1, -0.05) is 12.8 Å². The van der Waals surface area contributed by atoms with Gasteiger partial charge in [-0.25, -0.2) is 9.59 Å². The first-order chi connectivity index (χ1) is 6.59. The molecule has 0 aliphatic heterocycles. The van der Waals surface area contributed by atoms with Crippen LogP contribution < -0.4 is 22.1 Å². The minimum absolute atomic E-state index is 0.0891. The Bertz CT molecular complexity index is 207. The quantitative estimate of drug-likeness (QED) is 0.488. The fourth-order valence-electron chi connectivity index (χ4n) is 1.84. The van der Waals surface area contributed by atoms with Crippen LogP contribution in [0.2, 0.25) is 0 Å². The molecule has 1 aliphatic carbocycles. The zero-order valence-corrected chi connectivity index (χ0v) is 7.95. The number of nitrogens with one attached hydrogen (secondary N) is 2. The van der Waals surface area contributed by atoms with Gasteiger partial charge in [0.2, 0.25) is 0 Å². The summed E-state index contributed by atoms with van der Waals surface area (Å²) >= 11 is 0. The van der Waals surface area contributed by atoms with Crippen LogP contribution in [0, 0.1) is 0 Å². The van der Waals surface area contributed by atoms with Crippen LogP contribution in [0.25, 0.3) is 0 Å². The number of urea groups is 2. The molecule has 14 heavy (non-hydrogen) atoms. The van der Waals surface area contributed by atoms with Gasteiger partial charge < -0.3 is 22.1 Å². The topological polar surface area (TPSA) is 110 Å². The normalized spacial score (nSPS) is 26.6. The Balaban J connectivity index is 2.49. The number of rotatable bonds is 2. The van der Waals surface area contributed by atoms with Gasteiger partial charge in [-0.2, -0.15) is 0 Å². The number of amides is 4. The highest BCUT2D eigenvalue weighted by atomic mass is 16.2. The highest BCUT2D eigenvalue weighted by molar-refractivity contribution is 5.73. The molecule has 0 bridgehead atoms. The highest BCUT2D eigenvalue weighted by Crippen LogP contribution is 2.18. The molecular formula is C8H16N4O2. The predicted octanol–water partition coefficient (Wildman–Crippen LogP) is -0.366. The Morgan fingerprint density at radius 3 is 1.57 bits per heavy atom. The van der Waals surface area contributed by atoms with Crippen molar-refractivity contribution in [1.82, 2.24) is 10.6 Å². The van der Waals surface area contributed by atoms with E-state index in [4.69, 9.17) is 11.5 Å². The minimum atomic E-state index is -0.562. The SMILES string of the molecule is NC(=O)N[C@H]1CCCC[C@H]1NC(N)=O. The summed E-state index contributed by atoms with van der Waals surface area (Å²) in [6.07, 6.45) is 3.71. The van der Waals surface area contributed by atoms with Gasteiger partial charge in [0, 0.05) is 0 Å². The van der Waals surface area contributed by atoms with Gasteiger partial charge in [0.15, 0.2) is 0 Å². The van der Waals surface area contributed by atoms with E-state index in [1.165, 1.54) is 0 Å². The number of primary amides is 2. The fourth-order valence-corrected chi connectivity index (χ4v) is 1.84. The van der Waals surface area contributed by atoms with Crippen molar-refractivity contribution in [2.75, 3.05) is 0 Å². The van der Waals surface area contributed by atoms with Gasteiger partial charge in [-0.05, 0) is 12.8 Å². The van der Waals surface area contributed by atoms with Crippen molar-refractivity contribution >= 4 is 12.1 Å². The van der Waals surface area contributed by atoms with Gasteiger partial charge in [-0.15, -0.1) is 0 Å². The monoisotopic (exact) mass is 200 g/mol. The molecule has 2 atom stereocenters. The Hall–Kier alpha value is -1.46. The van der Waals surface area contributed by atoms with Crippen LogP contribution in [-0.2, 0) is 0 Å². The molecule has 1 aliphatic rings. The molecule has 0 heterocycles. The van der Waals surface area contributed by atoms with E-state index in [1.807, 2.05) is 0 Å². The molecule has 0 radical (unpaired) electrons. The van der Waals surface area contributed by atoms with Gasteiger partial charge >= 0.3 is 12.1 Å². The average molecular weight is 200 g/mol. The van der Waals surface area contributed by atoms with Crippen LogP contribution >= 0.6 is 0 Å². The third kappa shape index (κ3) is 3.12. The maximum Gasteiger partial charge on any atom is 0.312 e. The summed E-state index contributed by atoms with van der Waals surface area (Å²) < 4.78 is 0. The molecule has 6 nitrogen and oxygen atoms in total. The Morgan fingerprint density at radius 2 is 1.29 bits per heavy atom. The van der Waals surface area contributed by atoms with Crippen LogP contribution in [0.3, 0.4) is 0 Å². The molecule has 0 saturated heterocycles. The molecule has 6 heteroatoms. The van der Waals surface area contributed by atoms with E-state index in [0.717, 1.165) is 25.7 Å². The first-order valence-corrected chi connectivity index (χ1v) is 4.71. The number of hydrogen-bond donors (Lipinski definition) is 4. The van der Waals surface area contributed by atoms with Crippen molar-refractivity contribution in [2.45, 2.75) is 37.8 Å². The maximum absolute atomic E-state index is 10.7. The molecule has 4 amide bonds. The average Bonchev–Trinajstić information content (AvgIpc) is 2.06. The molecule has 0 aromatic rings. The smallest absolute Gasteiger partial charge is 0.312 e. The summed E-state index contributed by atoms with van der Waals surface area (Å²) in [7, 11) is 0. The van der Waals surface area contributed by atoms with E-state index in [2.05, 4.69) is 10.6 Å². The van der Waals surface area contributed by atoms with Crippen molar-refractivity contribution in [3.05, 3.63) is 0 Å². The summed E-state index contributed by atoms with van der Waals surface area (Å²) in [4.78, 5) is 21.3. The van der Waals surface area contributed by atoms with Crippen LogP contribution in [0.5, 0.6) is 0 Å². The van der Waals surface area contributed by atoms with Gasteiger partial charge in [0.25, 0.3) is 0 Å². The summed E-state index contributed by atoms with van der Waals surface area (Å²) in [5.41, 5.74) is 10.0. The lowest BCUT2D eigenvalue weighted by Crippen LogP contribution is -2.55. The Morgan fingerprint density at radius 1 is 0.929 bits per heavy atom. The third-order valence-corrected chi connectivity index (χ3v) is 2.42. The second kappa shape index (κ2) is 4.69. The van der Waals surface area contributed by atoms with Gasteiger partial charge in [-0.3, -0.25) is 0 Å². The van der Waals surface area contributed by atoms with Crippen LogP contribution in [0.15, 0.2) is 0 Å². The summed E-state index contributed by atoms with van der Waals surface area (Å²) in [5.74, 6) is 0. The van der Waals surface area contributed by atoms with Crippen LogP contribution in [0.1, 0.15) is 25.7 Å². The summed E-state index contributed by atoms with van der Waals surface area (Å²) in [6, 6.07) is -1.30. The number of carbonyl (C=O) groups excluding carboxylic acids is 2. The predicted molar refractivity (Wildman–Crippen MR) is 51.5 cm³/mol. The van der Waals surface area contributed by atoms with E-state index in [1.54, 1.807) is 0 Å². The molecule has 0 unspecified atom stereocenters. The second-order valence-electron chi connectivity index (χ2n) is 3.51. The molecule has 0 aromatic heterocycles. The number of carbonyl (C=O) groups is 2. The van der Waals surface area contributed by atoms with Crippen molar-refractivity contribution < 1.29 is 9.59 Å². The molecule has 0 aromatic carbocycles. The first-order valence-electron chi connectivity index (χ1n) is 4.71. The Kier molecular flexibility index (Phi) is 3.55. The molecule has 6 N–H and O–H groups in total. The third-order valence-electron chi connectivity index (χ3n) is 2.42. The fraction of sp³-hybridized carbons (Fsp3) is 0.750. The van der Waals surface area contributed by atoms with Crippen LogP contribution in [-0.4, -0.2) is 24.1 Å². The van der Waals surface area contributed by atoms with Crippen molar-refractivity contribution in [1.29, 1.82) is 0 Å². The summed E-state index contributed by atoms with van der Waals surface area (Å²) in [5, 5.41) is 5.21. The lowest BCUT2D eigenvalue weighted by Gasteiger charge is -2.31. The number of nitrogens with two attached hydrogens (primary N) is 2. The summed E-state index contributed by atoms with van der Waals surface area (Å²) in [6.45, 7) is 0. The molecular weight excluding hydrogens is 184 g/mol. The molecule has 80 valence electrons. The minimum Gasteiger partial charge on any atom is -0.352 e. The van der Waals surface area contributed by atoms with E-state index in [9.17, 15) is 9.59 Å². The van der Waals surface area contributed by atoms with Crippen LogP contribution in [0.4, 0.5) is 9.59 Å². The molecule has 1 fully saturated rings. The lowest BCUT2D eigenvalue weighted by atomic mass is 9.90. The zero-order valence-electron chi connectivity index (χ0n) is 7.95. The lowest BCUT2D eigenvalue weighted by molar-refractivity contribution is 0.222. The largest absolute Gasteiger partial charge is 0.352 e. The van der Waals surface area contributed by atoms with Crippen molar-refractivity contribution in [3.8, 4) is 0 Å². The first kappa shape index (κ1) is 10.6. The zero-order chi connectivity index (χ0) is 10.6. The Labute approximate surface area is 82.4 Å². The van der Waals surface area contributed by atoms with E-state index in [-0.39, 0.29) is 12.1 Å². The van der Waals surface area contributed by atoms with Crippen molar-refractivity contribution in [2.24, 2.45) is 11.5 Å². The van der Waals surface area contributed by atoms with E-state index in [0.29, 0.717) is 0 Å². The molecule has 0 spiro atoms. The standard InChI is InChI=1S/C8H16N4O2/c9-7(13)11-5-3-1-2-4-6(5)12-8(10)14/h5-6H,1-4H2,(H3,9,11,13)(H3,10,12,14)/t5-,6+. The van der Waals surface area contributed by atoms with Gasteiger partial charge in [0.05, 0.1) is 12.1 Å². The van der Waals surface area contributed by atoms with Crippen molar-refractivity contribution in [3.63, 3.8) is 0 Å².